The topological polar surface area (TPSA) is 67.5 Å². The molecule has 4 heteroatoms. The Morgan fingerprint density at radius 2 is 2.00 bits per heavy atom. The zero-order valence-electron chi connectivity index (χ0n) is 9.30. The van der Waals surface area contributed by atoms with Gasteiger partial charge in [-0.2, -0.15) is 5.26 Å². The summed E-state index contributed by atoms with van der Waals surface area (Å²) in [6.07, 6.45) is -0.593. The molecule has 1 unspecified atom stereocenters. The lowest BCUT2D eigenvalue weighted by Gasteiger charge is -2.19. The van der Waals surface area contributed by atoms with E-state index in [0.29, 0.717) is 18.7 Å². The van der Waals surface area contributed by atoms with Crippen molar-refractivity contribution in [3.8, 4) is 6.07 Å². The highest BCUT2D eigenvalue weighted by atomic mass is 16.3. The third-order valence-corrected chi connectivity index (χ3v) is 2.39. The van der Waals surface area contributed by atoms with Crippen molar-refractivity contribution in [2.24, 2.45) is 0 Å². The summed E-state index contributed by atoms with van der Waals surface area (Å²) in [4.78, 5) is 1.85. The van der Waals surface area contributed by atoms with Crippen LogP contribution >= 0.6 is 0 Å². The van der Waals surface area contributed by atoms with Crippen molar-refractivity contribution in [3.63, 3.8) is 0 Å². The van der Waals surface area contributed by atoms with Gasteiger partial charge in [0.25, 0.3) is 0 Å². The average molecular weight is 220 g/mol. The van der Waals surface area contributed by atoms with Gasteiger partial charge in [0.1, 0.15) is 0 Å². The maximum Gasteiger partial charge on any atom is 0.0991 e. The third kappa shape index (κ3) is 3.63. The number of aliphatic hydroxyl groups is 2. The summed E-state index contributed by atoms with van der Waals surface area (Å²) < 4.78 is 0. The minimum Gasteiger partial charge on any atom is -0.395 e. The lowest BCUT2D eigenvalue weighted by molar-refractivity contribution is 0.115. The van der Waals surface area contributed by atoms with Gasteiger partial charge in [0.2, 0.25) is 0 Å². The number of benzene rings is 1. The van der Waals surface area contributed by atoms with Gasteiger partial charge in [0.15, 0.2) is 0 Å². The first-order valence-corrected chi connectivity index (χ1v) is 5.15. The second-order valence-electron chi connectivity index (χ2n) is 3.74. The molecule has 16 heavy (non-hydrogen) atoms. The predicted molar refractivity (Wildman–Crippen MR) is 60.7 cm³/mol. The van der Waals surface area contributed by atoms with E-state index in [1.165, 1.54) is 0 Å². The summed E-state index contributed by atoms with van der Waals surface area (Å²) in [7, 11) is 1.84. The molecule has 0 fully saturated rings. The molecule has 0 heterocycles. The van der Waals surface area contributed by atoms with Crippen molar-refractivity contribution >= 4 is 0 Å². The molecule has 0 aromatic heterocycles. The van der Waals surface area contributed by atoms with E-state index in [9.17, 15) is 5.11 Å². The second kappa shape index (κ2) is 6.23. The van der Waals surface area contributed by atoms with Crippen LogP contribution in [0.5, 0.6) is 0 Å². The van der Waals surface area contributed by atoms with Crippen molar-refractivity contribution < 1.29 is 10.2 Å². The molecular weight excluding hydrogens is 204 g/mol. The summed E-state index contributed by atoms with van der Waals surface area (Å²) in [6, 6.07) is 8.89. The summed E-state index contributed by atoms with van der Waals surface area (Å²) in [5.74, 6) is 0. The van der Waals surface area contributed by atoms with Gasteiger partial charge in [-0.05, 0) is 24.7 Å². The maximum absolute atomic E-state index is 9.87. The summed E-state index contributed by atoms with van der Waals surface area (Å²) in [5, 5.41) is 27.2. The van der Waals surface area contributed by atoms with E-state index in [1.807, 2.05) is 18.0 Å². The Hall–Kier alpha value is -1.41. The SMILES string of the molecule is CN(CCO)CC(O)c1ccc(C#N)cc1. The van der Waals surface area contributed by atoms with Crippen LogP contribution in [0.2, 0.25) is 0 Å². The number of nitriles is 1. The molecule has 4 nitrogen and oxygen atoms in total. The molecule has 1 rings (SSSR count). The second-order valence-corrected chi connectivity index (χ2v) is 3.74. The Bertz CT molecular complexity index is 356. The molecular formula is C12H16N2O2. The molecule has 0 aliphatic rings. The van der Waals surface area contributed by atoms with Crippen LogP contribution in [0, 0.1) is 11.3 Å². The number of hydrogen-bond acceptors (Lipinski definition) is 4. The standard InChI is InChI=1S/C12H16N2O2/c1-14(6-7-15)9-12(16)11-4-2-10(8-13)3-5-11/h2-5,12,15-16H,6-7,9H2,1H3. The lowest BCUT2D eigenvalue weighted by Crippen LogP contribution is -2.27. The molecule has 0 amide bonds. The Labute approximate surface area is 95.4 Å². The molecule has 0 aliphatic heterocycles. The minimum absolute atomic E-state index is 0.0800. The molecule has 0 radical (unpaired) electrons. The zero-order valence-corrected chi connectivity index (χ0v) is 9.30. The van der Waals surface area contributed by atoms with E-state index in [-0.39, 0.29) is 6.61 Å². The fourth-order valence-electron chi connectivity index (χ4n) is 1.44. The van der Waals surface area contributed by atoms with Crippen LogP contribution in [0.3, 0.4) is 0 Å². The van der Waals surface area contributed by atoms with Gasteiger partial charge in [-0.15, -0.1) is 0 Å². The van der Waals surface area contributed by atoms with Crippen molar-refractivity contribution in [2.75, 3.05) is 26.7 Å². The van der Waals surface area contributed by atoms with Gasteiger partial charge in [-0.1, -0.05) is 12.1 Å². The molecule has 0 bridgehead atoms. The first kappa shape index (κ1) is 12.7. The fourth-order valence-corrected chi connectivity index (χ4v) is 1.44. The van der Waals surface area contributed by atoms with Crippen molar-refractivity contribution in [1.82, 2.24) is 4.90 Å². The molecule has 1 atom stereocenters. The van der Waals surface area contributed by atoms with Gasteiger partial charge >= 0.3 is 0 Å². The van der Waals surface area contributed by atoms with E-state index in [2.05, 4.69) is 0 Å². The first-order valence-electron chi connectivity index (χ1n) is 5.15. The highest BCUT2D eigenvalue weighted by Crippen LogP contribution is 2.14. The van der Waals surface area contributed by atoms with Gasteiger partial charge < -0.3 is 15.1 Å². The van der Waals surface area contributed by atoms with Gasteiger partial charge in [-0.3, -0.25) is 0 Å². The van der Waals surface area contributed by atoms with Crippen LogP contribution in [0.1, 0.15) is 17.2 Å². The third-order valence-electron chi connectivity index (χ3n) is 2.39. The maximum atomic E-state index is 9.87. The summed E-state index contributed by atoms with van der Waals surface area (Å²) in [5.41, 5.74) is 1.36. The van der Waals surface area contributed by atoms with E-state index in [4.69, 9.17) is 10.4 Å². The number of nitrogens with zero attached hydrogens (tertiary/aromatic N) is 2. The highest BCUT2D eigenvalue weighted by molar-refractivity contribution is 5.32. The van der Waals surface area contributed by atoms with Crippen LogP contribution in [-0.4, -0.2) is 41.9 Å². The quantitative estimate of drug-likeness (QED) is 0.759. The van der Waals surface area contributed by atoms with Crippen LogP contribution < -0.4 is 0 Å². The van der Waals surface area contributed by atoms with Crippen LogP contribution in [0.25, 0.3) is 0 Å². The van der Waals surface area contributed by atoms with Gasteiger partial charge in [0, 0.05) is 13.1 Å². The molecule has 0 spiro atoms. The highest BCUT2D eigenvalue weighted by Gasteiger charge is 2.10. The number of rotatable bonds is 5. The zero-order chi connectivity index (χ0) is 12.0. The predicted octanol–water partition coefficient (Wildman–Crippen LogP) is 0.516. The summed E-state index contributed by atoms with van der Waals surface area (Å²) in [6.45, 7) is 1.08. The molecule has 2 N–H and O–H groups in total. The van der Waals surface area contributed by atoms with E-state index in [0.717, 1.165) is 5.56 Å². The molecule has 0 saturated heterocycles. The summed E-state index contributed by atoms with van der Waals surface area (Å²) >= 11 is 0. The molecule has 1 aromatic carbocycles. The molecule has 0 aliphatic carbocycles. The van der Waals surface area contributed by atoms with Crippen molar-refractivity contribution in [1.29, 1.82) is 5.26 Å². The minimum atomic E-state index is -0.593. The normalized spacial score (nSPS) is 12.4. The Morgan fingerprint density at radius 1 is 1.38 bits per heavy atom. The molecule has 86 valence electrons. The Kier molecular flexibility index (Phi) is 4.93. The van der Waals surface area contributed by atoms with Crippen LogP contribution in [0.4, 0.5) is 0 Å². The average Bonchev–Trinajstić information content (AvgIpc) is 2.29. The van der Waals surface area contributed by atoms with Gasteiger partial charge in [-0.25, -0.2) is 0 Å². The molecule has 1 aromatic rings. The number of aliphatic hydroxyl groups excluding tert-OH is 2. The lowest BCUT2D eigenvalue weighted by atomic mass is 10.1. The fraction of sp³-hybridized carbons (Fsp3) is 0.417. The van der Waals surface area contributed by atoms with E-state index >= 15 is 0 Å². The Morgan fingerprint density at radius 3 is 2.50 bits per heavy atom. The number of hydrogen-bond donors (Lipinski definition) is 2. The first-order chi connectivity index (χ1) is 7.67. The van der Waals surface area contributed by atoms with Crippen molar-refractivity contribution in [2.45, 2.75) is 6.10 Å². The molecule has 0 saturated carbocycles. The van der Waals surface area contributed by atoms with E-state index in [1.54, 1.807) is 24.3 Å². The smallest absolute Gasteiger partial charge is 0.0991 e. The van der Waals surface area contributed by atoms with E-state index < -0.39 is 6.10 Å². The van der Waals surface area contributed by atoms with Crippen LogP contribution in [0.15, 0.2) is 24.3 Å². The monoisotopic (exact) mass is 220 g/mol. The number of likely N-dealkylation sites (N-methyl/N-ethyl adjacent to an activating group) is 1. The van der Waals surface area contributed by atoms with Crippen LogP contribution in [-0.2, 0) is 0 Å². The largest absolute Gasteiger partial charge is 0.395 e. The van der Waals surface area contributed by atoms with Crippen molar-refractivity contribution in [3.05, 3.63) is 35.4 Å². The van der Waals surface area contributed by atoms with Gasteiger partial charge in [0.05, 0.1) is 24.3 Å². The Balaban J connectivity index is 2.59.